The SMILES string of the molecule is CC(O)(CNC(=O)c1cc(N)ccc1Br)C(=O)O. The molecule has 18 heavy (non-hydrogen) atoms. The summed E-state index contributed by atoms with van der Waals surface area (Å²) in [7, 11) is 0. The fraction of sp³-hybridized carbons (Fsp3) is 0.273. The molecule has 0 aliphatic rings. The summed E-state index contributed by atoms with van der Waals surface area (Å²) in [6, 6.07) is 4.68. The summed E-state index contributed by atoms with van der Waals surface area (Å²) >= 11 is 3.19. The van der Waals surface area contributed by atoms with Crippen LogP contribution in [0.3, 0.4) is 0 Å². The number of nitrogens with one attached hydrogen (secondary N) is 1. The molecule has 1 unspecified atom stereocenters. The highest BCUT2D eigenvalue weighted by atomic mass is 79.9. The van der Waals surface area contributed by atoms with Gasteiger partial charge in [0.1, 0.15) is 0 Å². The van der Waals surface area contributed by atoms with Crippen molar-refractivity contribution in [2.24, 2.45) is 0 Å². The summed E-state index contributed by atoms with van der Waals surface area (Å²) in [5.74, 6) is -1.93. The highest BCUT2D eigenvalue weighted by Gasteiger charge is 2.30. The van der Waals surface area contributed by atoms with Gasteiger partial charge in [0.15, 0.2) is 5.60 Å². The predicted molar refractivity (Wildman–Crippen MR) is 69.1 cm³/mol. The first-order chi connectivity index (χ1) is 8.24. The van der Waals surface area contributed by atoms with Crippen LogP contribution in [0.4, 0.5) is 5.69 Å². The van der Waals surface area contributed by atoms with Crippen molar-refractivity contribution in [1.82, 2.24) is 5.32 Å². The maximum atomic E-state index is 11.8. The molecule has 98 valence electrons. The van der Waals surface area contributed by atoms with Gasteiger partial charge in [-0.25, -0.2) is 4.79 Å². The molecule has 1 aromatic carbocycles. The number of carbonyl (C=O) groups is 2. The van der Waals surface area contributed by atoms with E-state index in [9.17, 15) is 14.7 Å². The topological polar surface area (TPSA) is 113 Å². The number of aliphatic carboxylic acids is 1. The fourth-order valence-electron chi connectivity index (χ4n) is 1.14. The second kappa shape index (κ2) is 5.36. The largest absolute Gasteiger partial charge is 0.479 e. The Morgan fingerprint density at radius 1 is 1.50 bits per heavy atom. The molecule has 0 aliphatic carbocycles. The first-order valence-electron chi connectivity index (χ1n) is 5.03. The Bertz CT molecular complexity index is 488. The molecule has 0 fully saturated rings. The van der Waals surface area contributed by atoms with Gasteiger partial charge in [-0.1, -0.05) is 0 Å². The average Bonchev–Trinajstić information content (AvgIpc) is 2.29. The number of nitrogen functional groups attached to an aromatic ring is 1. The van der Waals surface area contributed by atoms with Crippen LogP contribution in [-0.2, 0) is 4.79 Å². The smallest absolute Gasteiger partial charge is 0.337 e. The van der Waals surface area contributed by atoms with Crippen molar-refractivity contribution in [3.05, 3.63) is 28.2 Å². The van der Waals surface area contributed by atoms with Crippen LogP contribution in [0, 0.1) is 0 Å². The van der Waals surface area contributed by atoms with Gasteiger partial charge in [0.25, 0.3) is 5.91 Å². The lowest BCUT2D eigenvalue weighted by atomic mass is 10.1. The van der Waals surface area contributed by atoms with Crippen LogP contribution in [0.1, 0.15) is 17.3 Å². The average molecular weight is 317 g/mol. The van der Waals surface area contributed by atoms with Gasteiger partial charge in [0, 0.05) is 10.2 Å². The van der Waals surface area contributed by atoms with Gasteiger partial charge in [0.05, 0.1) is 12.1 Å². The Labute approximate surface area is 112 Å². The number of carboxylic acids is 1. The molecule has 5 N–H and O–H groups in total. The van der Waals surface area contributed by atoms with Crippen LogP contribution in [-0.4, -0.2) is 34.2 Å². The number of hydrogen-bond acceptors (Lipinski definition) is 4. The third-order valence-electron chi connectivity index (χ3n) is 2.29. The number of carbonyl (C=O) groups excluding carboxylic acids is 1. The first-order valence-corrected chi connectivity index (χ1v) is 5.82. The molecule has 0 spiro atoms. The molecule has 1 rings (SSSR count). The lowest BCUT2D eigenvalue weighted by Crippen LogP contribution is -2.46. The fourth-order valence-corrected chi connectivity index (χ4v) is 1.57. The second-order valence-electron chi connectivity index (χ2n) is 4.00. The Balaban J connectivity index is 2.78. The van der Waals surface area contributed by atoms with Crippen LogP contribution in [0.2, 0.25) is 0 Å². The summed E-state index contributed by atoms with van der Waals surface area (Å²) in [6.07, 6.45) is 0. The van der Waals surface area contributed by atoms with Crippen LogP contribution in [0.25, 0.3) is 0 Å². The minimum atomic E-state index is -2.01. The van der Waals surface area contributed by atoms with E-state index >= 15 is 0 Å². The zero-order chi connectivity index (χ0) is 13.9. The number of halogens is 1. The van der Waals surface area contributed by atoms with E-state index < -0.39 is 24.0 Å². The molecule has 0 saturated heterocycles. The molecule has 1 amide bonds. The van der Waals surface area contributed by atoms with Gasteiger partial charge in [-0.3, -0.25) is 4.79 Å². The second-order valence-corrected chi connectivity index (χ2v) is 4.86. The molecule has 7 heteroatoms. The van der Waals surface area contributed by atoms with E-state index in [0.29, 0.717) is 10.2 Å². The number of aliphatic hydroxyl groups is 1. The van der Waals surface area contributed by atoms with Crippen LogP contribution < -0.4 is 11.1 Å². The normalized spacial score (nSPS) is 13.7. The van der Waals surface area contributed by atoms with Gasteiger partial charge in [0.2, 0.25) is 0 Å². The molecule has 0 aromatic heterocycles. The van der Waals surface area contributed by atoms with Gasteiger partial charge >= 0.3 is 5.97 Å². The zero-order valence-electron chi connectivity index (χ0n) is 9.61. The van der Waals surface area contributed by atoms with Crippen LogP contribution in [0.5, 0.6) is 0 Å². The van der Waals surface area contributed by atoms with Crippen molar-refractivity contribution in [3.8, 4) is 0 Å². The quantitative estimate of drug-likeness (QED) is 0.607. The molecular weight excluding hydrogens is 304 g/mol. The Morgan fingerprint density at radius 3 is 2.67 bits per heavy atom. The molecule has 1 aromatic rings. The minimum absolute atomic E-state index is 0.274. The maximum Gasteiger partial charge on any atom is 0.337 e. The van der Waals surface area contributed by atoms with E-state index in [-0.39, 0.29) is 5.56 Å². The highest BCUT2D eigenvalue weighted by Crippen LogP contribution is 2.19. The summed E-state index contributed by atoms with van der Waals surface area (Å²) in [4.78, 5) is 22.4. The summed E-state index contributed by atoms with van der Waals surface area (Å²) in [5.41, 5.74) is 4.22. The van der Waals surface area contributed by atoms with E-state index in [1.165, 1.54) is 6.07 Å². The third-order valence-corrected chi connectivity index (χ3v) is 2.98. The monoisotopic (exact) mass is 316 g/mol. The predicted octanol–water partition coefficient (Wildman–Crippen LogP) is 0.597. The number of hydrogen-bond donors (Lipinski definition) is 4. The van der Waals surface area contributed by atoms with Crippen LogP contribution in [0.15, 0.2) is 22.7 Å². The highest BCUT2D eigenvalue weighted by molar-refractivity contribution is 9.10. The summed E-state index contributed by atoms with van der Waals surface area (Å²) in [6.45, 7) is 0.701. The van der Waals surface area contributed by atoms with Crippen molar-refractivity contribution in [1.29, 1.82) is 0 Å². The van der Waals surface area contributed by atoms with E-state index in [1.54, 1.807) is 12.1 Å². The maximum absolute atomic E-state index is 11.8. The van der Waals surface area contributed by atoms with E-state index in [4.69, 9.17) is 10.8 Å². The standard InChI is InChI=1S/C11H13BrN2O4/c1-11(18,10(16)17)5-14-9(15)7-4-6(13)2-3-8(7)12/h2-4,18H,5,13H2,1H3,(H,14,15)(H,16,17). The zero-order valence-corrected chi connectivity index (χ0v) is 11.2. The molecular formula is C11H13BrN2O4. The van der Waals surface area contributed by atoms with Crippen LogP contribution >= 0.6 is 15.9 Å². The summed E-state index contributed by atoms with van der Waals surface area (Å²) in [5, 5.41) is 20.5. The number of benzene rings is 1. The minimum Gasteiger partial charge on any atom is -0.479 e. The van der Waals surface area contributed by atoms with Crippen molar-refractivity contribution < 1.29 is 19.8 Å². The molecule has 6 nitrogen and oxygen atoms in total. The molecule has 0 aliphatic heterocycles. The Morgan fingerprint density at radius 2 is 2.11 bits per heavy atom. The molecule has 1 atom stereocenters. The van der Waals surface area contributed by atoms with Crippen molar-refractivity contribution in [3.63, 3.8) is 0 Å². The third kappa shape index (κ3) is 3.44. The van der Waals surface area contributed by atoms with Gasteiger partial charge < -0.3 is 21.3 Å². The van der Waals surface area contributed by atoms with E-state index in [0.717, 1.165) is 6.92 Å². The summed E-state index contributed by atoms with van der Waals surface area (Å²) < 4.78 is 0.532. The van der Waals surface area contributed by atoms with E-state index in [2.05, 4.69) is 21.2 Å². The first kappa shape index (κ1) is 14.5. The van der Waals surface area contributed by atoms with E-state index in [1.807, 2.05) is 0 Å². The number of carboxylic acid groups (broad SMARTS) is 1. The van der Waals surface area contributed by atoms with Crippen molar-refractivity contribution in [2.45, 2.75) is 12.5 Å². The van der Waals surface area contributed by atoms with Gasteiger partial charge in [-0.05, 0) is 41.1 Å². The van der Waals surface area contributed by atoms with Gasteiger partial charge in [-0.15, -0.1) is 0 Å². The number of rotatable bonds is 4. The lowest BCUT2D eigenvalue weighted by Gasteiger charge is -2.18. The van der Waals surface area contributed by atoms with Crippen molar-refractivity contribution in [2.75, 3.05) is 12.3 Å². The number of amides is 1. The molecule has 0 bridgehead atoms. The Hall–Kier alpha value is -1.60. The molecule has 0 saturated carbocycles. The lowest BCUT2D eigenvalue weighted by molar-refractivity contribution is -0.155. The number of anilines is 1. The van der Waals surface area contributed by atoms with Gasteiger partial charge in [-0.2, -0.15) is 0 Å². The Kier molecular flexibility index (Phi) is 4.31. The molecule has 0 heterocycles. The molecule has 0 radical (unpaired) electrons. The van der Waals surface area contributed by atoms with Crippen molar-refractivity contribution >= 4 is 33.5 Å². The number of nitrogens with two attached hydrogens (primary N) is 1.